The predicted molar refractivity (Wildman–Crippen MR) is 55.1 cm³/mol. The Kier molecular flexibility index (Phi) is 2.66. The first-order chi connectivity index (χ1) is 7.26. The van der Waals surface area contributed by atoms with Gasteiger partial charge in [-0.3, -0.25) is 0 Å². The van der Waals surface area contributed by atoms with Gasteiger partial charge in [0.25, 0.3) is 0 Å². The lowest BCUT2D eigenvalue weighted by molar-refractivity contribution is 0.174. The molecule has 1 aliphatic heterocycles. The molecule has 4 N–H and O–H groups in total. The van der Waals surface area contributed by atoms with Gasteiger partial charge in [-0.15, -0.1) is 0 Å². The van der Waals surface area contributed by atoms with Crippen LogP contribution in [0.4, 0.5) is 0 Å². The van der Waals surface area contributed by atoms with Crippen LogP contribution in [-0.2, 0) is 0 Å². The molecule has 0 amide bonds. The van der Waals surface area contributed by atoms with E-state index < -0.39 is 0 Å². The highest BCUT2D eigenvalue weighted by molar-refractivity contribution is 5.52. The van der Waals surface area contributed by atoms with Crippen LogP contribution >= 0.6 is 0 Å². The van der Waals surface area contributed by atoms with E-state index in [1.165, 1.54) is 0 Å². The Labute approximate surface area is 87.9 Å². The molecule has 1 atom stereocenters. The van der Waals surface area contributed by atoms with Crippen LogP contribution in [0.3, 0.4) is 0 Å². The molecule has 2 rings (SSSR count). The van der Waals surface area contributed by atoms with Gasteiger partial charge in [0.1, 0.15) is 5.75 Å². The molecule has 15 heavy (non-hydrogen) atoms. The molecule has 1 aromatic carbocycles. The monoisotopic (exact) mass is 210 g/mol. The van der Waals surface area contributed by atoms with Crippen molar-refractivity contribution in [1.82, 2.24) is 0 Å². The van der Waals surface area contributed by atoms with Crippen molar-refractivity contribution in [2.24, 2.45) is 11.5 Å². The molecular formula is C10H14N2O3. The second-order valence-electron chi connectivity index (χ2n) is 3.29. The van der Waals surface area contributed by atoms with Crippen LogP contribution in [-0.4, -0.2) is 20.4 Å². The molecule has 0 unspecified atom stereocenters. The number of hydrogen-bond donors (Lipinski definition) is 2. The molecule has 0 aromatic heterocycles. The van der Waals surface area contributed by atoms with Crippen LogP contribution < -0.4 is 25.7 Å². The van der Waals surface area contributed by atoms with E-state index in [-0.39, 0.29) is 12.8 Å². The highest BCUT2D eigenvalue weighted by Gasteiger charge is 2.20. The number of nitrogens with two attached hydrogens (primary N) is 2. The summed E-state index contributed by atoms with van der Waals surface area (Å²) < 4.78 is 15.7. The molecule has 1 aliphatic rings. The molecule has 0 saturated carbocycles. The predicted octanol–water partition coefficient (Wildman–Crippen LogP) is 0.382. The topological polar surface area (TPSA) is 79.7 Å². The van der Waals surface area contributed by atoms with Crippen LogP contribution in [0.15, 0.2) is 12.1 Å². The van der Waals surface area contributed by atoms with Gasteiger partial charge in [0.15, 0.2) is 11.5 Å². The van der Waals surface area contributed by atoms with Crippen molar-refractivity contribution in [3.05, 3.63) is 17.7 Å². The lowest BCUT2D eigenvalue weighted by Gasteiger charge is -2.14. The molecule has 0 aliphatic carbocycles. The Morgan fingerprint density at radius 2 is 2.07 bits per heavy atom. The van der Waals surface area contributed by atoms with Crippen LogP contribution in [0, 0.1) is 0 Å². The Morgan fingerprint density at radius 1 is 1.40 bits per heavy atom. The second kappa shape index (κ2) is 3.96. The summed E-state index contributed by atoms with van der Waals surface area (Å²) in [6.07, 6.45) is 0. The summed E-state index contributed by atoms with van der Waals surface area (Å²) in [5.41, 5.74) is 12.2. The molecule has 1 aromatic rings. The van der Waals surface area contributed by atoms with Crippen molar-refractivity contribution in [2.45, 2.75) is 6.04 Å². The van der Waals surface area contributed by atoms with Gasteiger partial charge in [-0.2, -0.15) is 0 Å². The molecule has 82 valence electrons. The molecule has 0 spiro atoms. The van der Waals surface area contributed by atoms with Gasteiger partial charge in [-0.25, -0.2) is 0 Å². The molecule has 0 bridgehead atoms. The molecule has 0 fully saturated rings. The first-order valence-corrected chi connectivity index (χ1v) is 4.69. The smallest absolute Gasteiger partial charge is 0.231 e. The number of hydrogen-bond acceptors (Lipinski definition) is 5. The van der Waals surface area contributed by atoms with Crippen molar-refractivity contribution in [2.75, 3.05) is 20.4 Å². The van der Waals surface area contributed by atoms with Crippen LogP contribution in [0.25, 0.3) is 0 Å². The largest absolute Gasteiger partial charge is 0.496 e. The maximum absolute atomic E-state index is 5.86. The fourth-order valence-electron chi connectivity index (χ4n) is 1.53. The first-order valence-electron chi connectivity index (χ1n) is 4.69. The number of ether oxygens (including phenoxy) is 3. The van der Waals surface area contributed by atoms with Crippen LogP contribution in [0.1, 0.15) is 11.6 Å². The minimum Gasteiger partial charge on any atom is -0.496 e. The quantitative estimate of drug-likeness (QED) is 0.754. The van der Waals surface area contributed by atoms with Crippen molar-refractivity contribution in [3.63, 3.8) is 0 Å². The van der Waals surface area contributed by atoms with E-state index in [0.29, 0.717) is 23.8 Å². The summed E-state index contributed by atoms with van der Waals surface area (Å²) >= 11 is 0. The molecule has 5 heteroatoms. The maximum Gasteiger partial charge on any atom is 0.231 e. The Hall–Kier alpha value is -1.46. The van der Waals surface area contributed by atoms with Gasteiger partial charge in [0.2, 0.25) is 6.79 Å². The molecular weight excluding hydrogens is 196 g/mol. The summed E-state index contributed by atoms with van der Waals surface area (Å²) in [7, 11) is 1.59. The Balaban J connectivity index is 2.44. The molecule has 5 nitrogen and oxygen atoms in total. The van der Waals surface area contributed by atoms with E-state index in [0.717, 1.165) is 5.56 Å². The Morgan fingerprint density at radius 3 is 2.67 bits per heavy atom. The fraction of sp³-hybridized carbons (Fsp3) is 0.400. The van der Waals surface area contributed by atoms with Gasteiger partial charge in [-0.1, -0.05) is 0 Å². The van der Waals surface area contributed by atoms with Crippen molar-refractivity contribution in [3.8, 4) is 17.2 Å². The summed E-state index contributed by atoms with van der Waals surface area (Å²) in [6.45, 7) is 0.593. The summed E-state index contributed by atoms with van der Waals surface area (Å²) in [6, 6.07) is 3.33. The van der Waals surface area contributed by atoms with E-state index in [9.17, 15) is 0 Å². The highest BCUT2D eigenvalue weighted by atomic mass is 16.7. The summed E-state index contributed by atoms with van der Waals surface area (Å²) in [5, 5.41) is 0. The third-order valence-electron chi connectivity index (χ3n) is 2.38. The third kappa shape index (κ3) is 1.71. The third-order valence-corrected chi connectivity index (χ3v) is 2.38. The molecule has 0 radical (unpaired) electrons. The van der Waals surface area contributed by atoms with Crippen LogP contribution in [0.5, 0.6) is 17.2 Å². The average molecular weight is 210 g/mol. The average Bonchev–Trinajstić information content (AvgIpc) is 2.73. The zero-order valence-electron chi connectivity index (χ0n) is 8.53. The minimum absolute atomic E-state index is 0.236. The number of methoxy groups -OCH3 is 1. The van der Waals surface area contributed by atoms with E-state index in [1.54, 1.807) is 13.2 Å². The van der Waals surface area contributed by atoms with E-state index in [2.05, 4.69) is 0 Å². The fourth-order valence-corrected chi connectivity index (χ4v) is 1.53. The standard InChI is InChI=1S/C10H14N2O3/c1-13-8-3-10-9(14-5-15-10)2-6(8)7(12)4-11/h2-3,7H,4-5,11-12H2,1H3/t7-/m0/s1. The normalized spacial score (nSPS) is 15.1. The lowest BCUT2D eigenvalue weighted by Crippen LogP contribution is -2.21. The number of rotatable bonds is 3. The van der Waals surface area contributed by atoms with E-state index in [1.807, 2.05) is 6.07 Å². The van der Waals surface area contributed by atoms with Gasteiger partial charge >= 0.3 is 0 Å². The molecule has 0 saturated heterocycles. The lowest BCUT2D eigenvalue weighted by atomic mass is 10.1. The maximum atomic E-state index is 5.86. The van der Waals surface area contributed by atoms with Crippen molar-refractivity contribution in [1.29, 1.82) is 0 Å². The summed E-state index contributed by atoms with van der Waals surface area (Å²) in [5.74, 6) is 2.05. The highest BCUT2D eigenvalue weighted by Crippen LogP contribution is 2.39. The number of fused-ring (bicyclic) bond motifs is 1. The van der Waals surface area contributed by atoms with E-state index >= 15 is 0 Å². The minimum atomic E-state index is -0.255. The van der Waals surface area contributed by atoms with Gasteiger partial charge < -0.3 is 25.7 Å². The van der Waals surface area contributed by atoms with Crippen molar-refractivity contribution < 1.29 is 14.2 Å². The zero-order chi connectivity index (χ0) is 10.8. The van der Waals surface area contributed by atoms with Crippen LogP contribution in [0.2, 0.25) is 0 Å². The van der Waals surface area contributed by atoms with Gasteiger partial charge in [-0.05, 0) is 6.07 Å². The second-order valence-corrected chi connectivity index (χ2v) is 3.29. The zero-order valence-corrected chi connectivity index (χ0v) is 8.53. The SMILES string of the molecule is COc1cc2c(cc1[C@@H](N)CN)OCO2. The van der Waals surface area contributed by atoms with Gasteiger partial charge in [0, 0.05) is 24.2 Å². The molecule has 1 heterocycles. The number of benzene rings is 1. The van der Waals surface area contributed by atoms with Gasteiger partial charge in [0.05, 0.1) is 7.11 Å². The Bertz CT molecular complexity index is 368. The van der Waals surface area contributed by atoms with E-state index in [4.69, 9.17) is 25.7 Å². The van der Waals surface area contributed by atoms with Crippen molar-refractivity contribution >= 4 is 0 Å². The summed E-state index contributed by atoms with van der Waals surface area (Å²) in [4.78, 5) is 0. The first kappa shape index (κ1) is 10.1.